The molecule has 2 aromatic rings. The topological polar surface area (TPSA) is 26.0 Å². The van der Waals surface area contributed by atoms with Gasteiger partial charge in [-0.1, -0.05) is 40.2 Å². The number of benzene rings is 2. The van der Waals surface area contributed by atoms with Crippen LogP contribution in [0, 0.1) is 11.6 Å². The van der Waals surface area contributed by atoms with E-state index in [1.54, 1.807) is 19.1 Å². The van der Waals surface area contributed by atoms with Gasteiger partial charge in [0.2, 0.25) is 0 Å². The van der Waals surface area contributed by atoms with Gasteiger partial charge in [-0.15, -0.1) is 0 Å². The highest BCUT2D eigenvalue weighted by Gasteiger charge is 2.28. The molecule has 18 heavy (non-hydrogen) atoms. The maximum absolute atomic E-state index is 13.8. The second-order valence-corrected chi connectivity index (χ2v) is 5.23. The van der Waals surface area contributed by atoms with Gasteiger partial charge in [-0.25, -0.2) is 8.78 Å². The molecule has 0 aliphatic rings. The second kappa shape index (κ2) is 4.78. The summed E-state index contributed by atoms with van der Waals surface area (Å²) in [4.78, 5) is 0. The monoisotopic (exact) mass is 311 g/mol. The Hall–Kier alpha value is -1.26. The van der Waals surface area contributed by atoms with Crippen molar-refractivity contribution in [1.82, 2.24) is 0 Å². The lowest BCUT2D eigenvalue weighted by atomic mass is 9.85. The largest absolute Gasteiger partial charge is 0.318 e. The van der Waals surface area contributed by atoms with Gasteiger partial charge in [0.1, 0.15) is 0 Å². The predicted octanol–water partition coefficient (Wildman–Crippen LogP) is 3.95. The molecule has 94 valence electrons. The van der Waals surface area contributed by atoms with Gasteiger partial charge in [0.25, 0.3) is 0 Å². The minimum atomic E-state index is -1.08. The summed E-state index contributed by atoms with van der Waals surface area (Å²) >= 11 is 3.32. The van der Waals surface area contributed by atoms with Crippen LogP contribution in [0.4, 0.5) is 8.78 Å². The van der Waals surface area contributed by atoms with Gasteiger partial charge in [-0.3, -0.25) is 0 Å². The van der Waals surface area contributed by atoms with Crippen LogP contribution in [-0.2, 0) is 5.54 Å². The molecule has 4 heteroatoms. The maximum atomic E-state index is 13.8. The summed E-state index contributed by atoms with van der Waals surface area (Å²) in [6.45, 7) is 1.66. The average Bonchev–Trinajstić information content (AvgIpc) is 2.33. The van der Waals surface area contributed by atoms with Gasteiger partial charge >= 0.3 is 0 Å². The molecule has 2 rings (SSSR count). The summed E-state index contributed by atoms with van der Waals surface area (Å²) in [5.41, 5.74) is 5.94. The quantitative estimate of drug-likeness (QED) is 0.893. The summed E-state index contributed by atoms with van der Waals surface area (Å²) < 4.78 is 28.0. The summed E-state index contributed by atoms with van der Waals surface area (Å²) in [6, 6.07) is 11.2. The van der Waals surface area contributed by atoms with E-state index in [0.717, 1.165) is 16.1 Å². The van der Waals surface area contributed by atoms with Crippen molar-refractivity contribution in [2.24, 2.45) is 5.73 Å². The normalized spacial score (nSPS) is 14.3. The first-order valence-corrected chi connectivity index (χ1v) is 6.21. The van der Waals surface area contributed by atoms with Crippen LogP contribution in [0.2, 0.25) is 0 Å². The van der Waals surface area contributed by atoms with E-state index in [0.29, 0.717) is 0 Å². The van der Waals surface area contributed by atoms with Crippen molar-refractivity contribution < 1.29 is 8.78 Å². The second-order valence-electron chi connectivity index (χ2n) is 4.31. The summed E-state index contributed by atoms with van der Waals surface area (Å²) in [6.07, 6.45) is 0. The highest BCUT2D eigenvalue weighted by molar-refractivity contribution is 9.10. The van der Waals surface area contributed by atoms with E-state index >= 15 is 0 Å². The van der Waals surface area contributed by atoms with Crippen LogP contribution in [0.25, 0.3) is 0 Å². The van der Waals surface area contributed by atoms with Crippen LogP contribution in [0.15, 0.2) is 46.9 Å². The highest BCUT2D eigenvalue weighted by atomic mass is 79.9. The smallest absolute Gasteiger partial charge is 0.164 e. The lowest BCUT2D eigenvalue weighted by molar-refractivity contribution is 0.468. The molecule has 1 unspecified atom stereocenters. The zero-order valence-corrected chi connectivity index (χ0v) is 11.3. The molecule has 0 aliphatic heterocycles. The Balaban J connectivity index is 2.54. The molecule has 2 N–H and O–H groups in total. The average molecular weight is 312 g/mol. The summed E-state index contributed by atoms with van der Waals surface area (Å²) in [5.74, 6) is -1.79. The van der Waals surface area contributed by atoms with Gasteiger partial charge < -0.3 is 5.73 Å². The molecule has 0 aromatic heterocycles. The van der Waals surface area contributed by atoms with E-state index in [-0.39, 0.29) is 5.56 Å². The third-order valence-corrected chi connectivity index (χ3v) is 3.48. The van der Waals surface area contributed by atoms with Crippen molar-refractivity contribution in [3.05, 3.63) is 69.7 Å². The van der Waals surface area contributed by atoms with Crippen LogP contribution in [0.5, 0.6) is 0 Å². The van der Waals surface area contributed by atoms with Crippen molar-refractivity contribution >= 4 is 15.9 Å². The molecule has 0 aliphatic carbocycles. The molecule has 1 nitrogen and oxygen atoms in total. The Morgan fingerprint density at radius 3 is 2.28 bits per heavy atom. The fraction of sp³-hybridized carbons (Fsp3) is 0.143. The number of rotatable bonds is 2. The molecule has 0 fully saturated rings. The van der Waals surface area contributed by atoms with E-state index in [2.05, 4.69) is 15.9 Å². The van der Waals surface area contributed by atoms with Crippen molar-refractivity contribution in [2.45, 2.75) is 12.5 Å². The maximum Gasteiger partial charge on any atom is 0.164 e. The molecule has 0 radical (unpaired) electrons. The lowest BCUT2D eigenvalue weighted by Gasteiger charge is -2.26. The zero-order chi connectivity index (χ0) is 13.3. The molecule has 2 aromatic carbocycles. The van der Waals surface area contributed by atoms with Gasteiger partial charge in [-0.05, 0) is 30.7 Å². The summed E-state index contributed by atoms with van der Waals surface area (Å²) in [5, 5.41) is 0. The molecule has 0 saturated heterocycles. The molecular weight excluding hydrogens is 300 g/mol. The number of hydrogen-bond acceptors (Lipinski definition) is 1. The van der Waals surface area contributed by atoms with E-state index in [4.69, 9.17) is 5.73 Å². The highest BCUT2D eigenvalue weighted by Crippen LogP contribution is 2.30. The minimum Gasteiger partial charge on any atom is -0.318 e. The van der Waals surface area contributed by atoms with Crippen LogP contribution >= 0.6 is 15.9 Å². The molecular formula is C14H12BrF2N. The Bertz CT molecular complexity index is 565. The van der Waals surface area contributed by atoms with Gasteiger partial charge in [0.15, 0.2) is 11.6 Å². The SMILES string of the molecule is CC(N)(c1ccc(Br)cc1)c1cccc(F)c1F. The van der Waals surface area contributed by atoms with Crippen molar-refractivity contribution in [2.75, 3.05) is 0 Å². The van der Waals surface area contributed by atoms with Crippen molar-refractivity contribution in [1.29, 1.82) is 0 Å². The van der Waals surface area contributed by atoms with Crippen LogP contribution in [-0.4, -0.2) is 0 Å². The molecule has 0 amide bonds. The summed E-state index contributed by atoms with van der Waals surface area (Å²) in [7, 11) is 0. The van der Waals surface area contributed by atoms with Crippen molar-refractivity contribution in [3.8, 4) is 0 Å². The van der Waals surface area contributed by atoms with Crippen LogP contribution in [0.3, 0.4) is 0 Å². The molecule has 0 heterocycles. The first-order valence-electron chi connectivity index (χ1n) is 5.42. The van der Waals surface area contributed by atoms with E-state index < -0.39 is 17.2 Å². The number of nitrogens with two attached hydrogens (primary N) is 1. The van der Waals surface area contributed by atoms with Gasteiger partial charge in [-0.2, -0.15) is 0 Å². The molecule has 0 spiro atoms. The molecule has 0 bridgehead atoms. The lowest BCUT2D eigenvalue weighted by Crippen LogP contribution is -2.35. The third kappa shape index (κ3) is 2.31. The van der Waals surface area contributed by atoms with Crippen molar-refractivity contribution in [3.63, 3.8) is 0 Å². The Labute approximate surface area is 113 Å². The molecule has 0 saturated carbocycles. The fourth-order valence-electron chi connectivity index (χ4n) is 1.86. The van der Waals surface area contributed by atoms with Crippen LogP contribution < -0.4 is 5.73 Å². The fourth-order valence-corrected chi connectivity index (χ4v) is 2.12. The number of halogens is 3. The van der Waals surface area contributed by atoms with Gasteiger partial charge in [0, 0.05) is 10.0 Å². The Morgan fingerprint density at radius 1 is 1.06 bits per heavy atom. The Kier molecular flexibility index (Phi) is 3.50. The van der Waals surface area contributed by atoms with E-state index in [1.807, 2.05) is 12.1 Å². The minimum absolute atomic E-state index is 0.143. The first kappa shape index (κ1) is 13.2. The van der Waals surface area contributed by atoms with E-state index in [9.17, 15) is 8.78 Å². The standard InChI is InChI=1S/C14H12BrF2N/c1-14(18,9-5-7-10(15)8-6-9)11-3-2-4-12(16)13(11)17/h2-8H,18H2,1H3. The number of hydrogen-bond donors (Lipinski definition) is 1. The van der Waals surface area contributed by atoms with Crippen LogP contribution in [0.1, 0.15) is 18.1 Å². The predicted molar refractivity (Wildman–Crippen MR) is 71.1 cm³/mol. The first-order chi connectivity index (χ1) is 8.43. The third-order valence-electron chi connectivity index (χ3n) is 2.96. The molecule has 1 atom stereocenters. The zero-order valence-electron chi connectivity index (χ0n) is 9.75. The van der Waals surface area contributed by atoms with Gasteiger partial charge in [0.05, 0.1) is 5.54 Å². The Morgan fingerprint density at radius 2 is 1.67 bits per heavy atom. The van der Waals surface area contributed by atoms with E-state index in [1.165, 1.54) is 12.1 Å².